The van der Waals surface area contributed by atoms with E-state index in [4.69, 9.17) is 34.8 Å². The topological polar surface area (TPSA) is 44.1 Å². The Bertz CT molecular complexity index is 625. The maximum Gasteiger partial charge on any atom is 0.307 e. The summed E-state index contributed by atoms with van der Waals surface area (Å²) in [6.45, 7) is 0.434. The molecule has 0 saturated carbocycles. The lowest BCUT2D eigenvalue weighted by molar-refractivity contribution is -0.140. The molecule has 0 radical (unpaired) electrons. The standard InChI is InChI=1S/C12H11Cl3N2O2/c1-19-12(18)2-3-17-10-5-8(15)7(14)4-9(10)16-11(17)6-13/h4-5H,2-3,6H2,1H3. The van der Waals surface area contributed by atoms with Crippen LogP contribution in [0.25, 0.3) is 11.0 Å². The van der Waals surface area contributed by atoms with E-state index in [1.807, 2.05) is 4.57 Å². The van der Waals surface area contributed by atoms with Crippen molar-refractivity contribution in [2.75, 3.05) is 7.11 Å². The molecular weight excluding hydrogens is 311 g/mol. The van der Waals surface area contributed by atoms with Gasteiger partial charge in [-0.05, 0) is 12.1 Å². The minimum atomic E-state index is -0.289. The van der Waals surface area contributed by atoms with Crippen LogP contribution < -0.4 is 0 Å². The number of aromatic nitrogens is 2. The van der Waals surface area contributed by atoms with Gasteiger partial charge in [0.2, 0.25) is 0 Å². The van der Waals surface area contributed by atoms with E-state index < -0.39 is 0 Å². The molecule has 0 aliphatic heterocycles. The molecule has 0 aliphatic carbocycles. The number of benzene rings is 1. The smallest absolute Gasteiger partial charge is 0.307 e. The van der Waals surface area contributed by atoms with E-state index >= 15 is 0 Å². The van der Waals surface area contributed by atoms with Crippen molar-refractivity contribution in [3.63, 3.8) is 0 Å². The van der Waals surface area contributed by atoms with E-state index in [0.717, 1.165) is 5.52 Å². The lowest BCUT2D eigenvalue weighted by Crippen LogP contribution is -2.09. The van der Waals surface area contributed by atoms with Gasteiger partial charge in [0.15, 0.2) is 0 Å². The zero-order chi connectivity index (χ0) is 14.0. The number of hydrogen-bond acceptors (Lipinski definition) is 3. The molecule has 102 valence electrons. The number of carbonyl (C=O) groups is 1. The normalized spacial score (nSPS) is 10.9. The van der Waals surface area contributed by atoms with E-state index in [1.165, 1.54) is 7.11 Å². The molecule has 0 aliphatic rings. The van der Waals surface area contributed by atoms with Crippen molar-refractivity contribution in [3.8, 4) is 0 Å². The summed E-state index contributed by atoms with van der Waals surface area (Å²) >= 11 is 17.8. The number of carbonyl (C=O) groups excluding carboxylic acids is 1. The highest BCUT2D eigenvalue weighted by Crippen LogP contribution is 2.28. The lowest BCUT2D eigenvalue weighted by atomic mass is 10.3. The Labute approximate surface area is 125 Å². The Morgan fingerprint density at radius 2 is 2.05 bits per heavy atom. The van der Waals surface area contributed by atoms with Crippen LogP contribution in [0.4, 0.5) is 0 Å². The predicted octanol–water partition coefficient (Wildman–Crippen LogP) is 3.65. The molecule has 2 aromatic rings. The van der Waals surface area contributed by atoms with E-state index in [0.29, 0.717) is 27.9 Å². The molecule has 0 atom stereocenters. The van der Waals surface area contributed by atoms with Crippen LogP contribution in [0.3, 0.4) is 0 Å². The molecular formula is C12H11Cl3N2O2. The lowest BCUT2D eigenvalue weighted by Gasteiger charge is -2.07. The van der Waals surface area contributed by atoms with Crippen LogP contribution in [-0.2, 0) is 22.0 Å². The molecule has 0 amide bonds. The number of ether oxygens (including phenoxy) is 1. The molecule has 19 heavy (non-hydrogen) atoms. The average molecular weight is 322 g/mol. The van der Waals surface area contributed by atoms with Crippen LogP contribution in [-0.4, -0.2) is 22.6 Å². The molecule has 1 aromatic heterocycles. The first-order valence-corrected chi connectivity index (χ1v) is 6.82. The van der Waals surface area contributed by atoms with E-state index in [2.05, 4.69) is 9.72 Å². The SMILES string of the molecule is COC(=O)CCn1c(CCl)nc2cc(Cl)c(Cl)cc21. The average Bonchev–Trinajstić information content (AvgIpc) is 2.73. The number of alkyl halides is 1. The largest absolute Gasteiger partial charge is 0.469 e. The zero-order valence-corrected chi connectivity index (χ0v) is 12.4. The Balaban J connectivity index is 2.44. The van der Waals surface area contributed by atoms with Crippen LogP contribution in [0.1, 0.15) is 12.2 Å². The summed E-state index contributed by atoms with van der Waals surface area (Å²) < 4.78 is 6.47. The molecule has 2 rings (SSSR count). The molecule has 7 heteroatoms. The highest BCUT2D eigenvalue weighted by atomic mass is 35.5. The second kappa shape index (κ2) is 5.99. The summed E-state index contributed by atoms with van der Waals surface area (Å²) in [5.74, 6) is 0.617. The van der Waals surface area contributed by atoms with Gasteiger partial charge in [-0.2, -0.15) is 0 Å². The summed E-state index contributed by atoms with van der Waals surface area (Å²) in [6, 6.07) is 3.41. The van der Waals surface area contributed by atoms with Crippen molar-refractivity contribution in [1.29, 1.82) is 0 Å². The van der Waals surface area contributed by atoms with Crippen molar-refractivity contribution in [2.45, 2.75) is 18.8 Å². The number of fused-ring (bicyclic) bond motifs is 1. The van der Waals surface area contributed by atoms with Crippen LogP contribution in [0.2, 0.25) is 10.0 Å². The minimum absolute atomic E-state index is 0.241. The Morgan fingerprint density at radius 1 is 1.37 bits per heavy atom. The molecule has 0 spiro atoms. The van der Waals surface area contributed by atoms with E-state index in [-0.39, 0.29) is 18.3 Å². The minimum Gasteiger partial charge on any atom is -0.469 e. The molecule has 0 N–H and O–H groups in total. The van der Waals surface area contributed by atoms with Gasteiger partial charge in [-0.15, -0.1) is 11.6 Å². The highest BCUT2D eigenvalue weighted by molar-refractivity contribution is 6.42. The monoisotopic (exact) mass is 320 g/mol. The quantitative estimate of drug-likeness (QED) is 0.638. The Morgan fingerprint density at radius 3 is 2.68 bits per heavy atom. The van der Waals surface area contributed by atoms with Crippen LogP contribution >= 0.6 is 34.8 Å². The van der Waals surface area contributed by atoms with Crippen LogP contribution in [0, 0.1) is 0 Å². The van der Waals surface area contributed by atoms with Gasteiger partial charge in [0.25, 0.3) is 0 Å². The highest BCUT2D eigenvalue weighted by Gasteiger charge is 2.13. The van der Waals surface area contributed by atoms with Crippen molar-refractivity contribution >= 4 is 51.8 Å². The summed E-state index contributed by atoms with van der Waals surface area (Å²) in [6.07, 6.45) is 0.242. The summed E-state index contributed by atoms with van der Waals surface area (Å²) in [5, 5.41) is 0.877. The van der Waals surface area contributed by atoms with Gasteiger partial charge >= 0.3 is 5.97 Å². The number of methoxy groups -OCH3 is 1. The van der Waals surface area contributed by atoms with Crippen LogP contribution in [0.15, 0.2) is 12.1 Å². The molecule has 0 saturated heterocycles. The van der Waals surface area contributed by atoms with Gasteiger partial charge in [-0.1, -0.05) is 23.2 Å². The molecule has 0 fully saturated rings. The first kappa shape index (κ1) is 14.4. The number of rotatable bonds is 4. The van der Waals surface area contributed by atoms with Crippen molar-refractivity contribution < 1.29 is 9.53 Å². The second-order valence-corrected chi connectivity index (χ2v) is 4.98. The summed E-state index contributed by atoms with van der Waals surface area (Å²) in [7, 11) is 1.35. The van der Waals surface area contributed by atoms with E-state index in [1.54, 1.807) is 12.1 Å². The first-order chi connectivity index (χ1) is 9.06. The van der Waals surface area contributed by atoms with Gasteiger partial charge in [0, 0.05) is 6.54 Å². The van der Waals surface area contributed by atoms with Crippen molar-refractivity contribution in [3.05, 3.63) is 28.0 Å². The predicted molar refractivity (Wildman–Crippen MR) is 75.9 cm³/mol. The van der Waals surface area contributed by atoms with Crippen LogP contribution in [0.5, 0.6) is 0 Å². The second-order valence-electron chi connectivity index (χ2n) is 3.89. The van der Waals surface area contributed by atoms with Crippen molar-refractivity contribution in [1.82, 2.24) is 9.55 Å². The first-order valence-electron chi connectivity index (χ1n) is 5.53. The molecule has 1 aromatic carbocycles. The summed E-state index contributed by atoms with van der Waals surface area (Å²) in [5.41, 5.74) is 1.50. The Hall–Kier alpha value is -0.970. The number of esters is 1. The fourth-order valence-corrected chi connectivity index (χ4v) is 2.35. The molecule has 0 bridgehead atoms. The molecule has 4 nitrogen and oxygen atoms in total. The number of nitrogens with zero attached hydrogens (tertiary/aromatic N) is 2. The fourth-order valence-electron chi connectivity index (χ4n) is 1.83. The maximum atomic E-state index is 11.2. The van der Waals surface area contributed by atoms with Gasteiger partial charge in [0.05, 0.1) is 40.5 Å². The third-order valence-electron chi connectivity index (χ3n) is 2.76. The van der Waals surface area contributed by atoms with Gasteiger partial charge in [-0.25, -0.2) is 4.98 Å². The number of aryl methyl sites for hydroxylation is 1. The van der Waals surface area contributed by atoms with Gasteiger partial charge in [0.1, 0.15) is 5.82 Å². The van der Waals surface area contributed by atoms with Crippen molar-refractivity contribution in [2.24, 2.45) is 0 Å². The number of halogens is 3. The van der Waals surface area contributed by atoms with Gasteiger partial charge in [-0.3, -0.25) is 4.79 Å². The Kier molecular flexibility index (Phi) is 4.55. The fraction of sp³-hybridized carbons (Fsp3) is 0.333. The molecule has 0 unspecified atom stereocenters. The number of imidazole rings is 1. The zero-order valence-electron chi connectivity index (χ0n) is 10.1. The third kappa shape index (κ3) is 2.96. The number of hydrogen-bond donors (Lipinski definition) is 0. The maximum absolute atomic E-state index is 11.2. The molecule has 1 heterocycles. The van der Waals surface area contributed by atoms with E-state index in [9.17, 15) is 4.79 Å². The third-order valence-corrected chi connectivity index (χ3v) is 3.72. The summed E-state index contributed by atoms with van der Waals surface area (Å²) in [4.78, 5) is 15.6. The van der Waals surface area contributed by atoms with Gasteiger partial charge < -0.3 is 9.30 Å².